The fraction of sp³-hybridized carbons (Fsp3) is 0.167. The number of nitrogens with two attached hydrogens (primary N) is 1. The summed E-state index contributed by atoms with van der Waals surface area (Å²) >= 11 is 0. The highest BCUT2D eigenvalue weighted by Gasteiger charge is 2.10. The van der Waals surface area contributed by atoms with Crippen molar-refractivity contribution in [1.82, 2.24) is 15.2 Å². The molecule has 1 aliphatic rings. The maximum absolute atomic E-state index is 5.81. The van der Waals surface area contributed by atoms with Gasteiger partial charge in [-0.3, -0.25) is 5.10 Å². The number of hydrogen-bond acceptors (Lipinski definition) is 5. The highest BCUT2D eigenvalue weighted by molar-refractivity contribution is 5.92. The first-order chi connectivity index (χ1) is 14.8. The topological polar surface area (TPSA) is 80.1 Å². The monoisotopic (exact) mass is 397 g/mol. The second-order valence-corrected chi connectivity index (χ2v) is 7.36. The highest BCUT2D eigenvalue weighted by atomic mass is 16.5. The first-order valence-corrected chi connectivity index (χ1v) is 10.1. The molecule has 0 saturated carbocycles. The Morgan fingerprint density at radius 2 is 1.73 bits per heavy atom. The minimum atomic E-state index is 0.514. The van der Waals surface area contributed by atoms with E-state index >= 15 is 0 Å². The molecule has 0 atom stereocenters. The molecule has 1 fully saturated rings. The molecule has 0 unspecified atom stereocenters. The van der Waals surface area contributed by atoms with E-state index in [0.717, 1.165) is 59.6 Å². The van der Waals surface area contributed by atoms with Gasteiger partial charge in [0.05, 0.1) is 24.4 Å². The first kappa shape index (κ1) is 18.4. The van der Waals surface area contributed by atoms with E-state index in [2.05, 4.69) is 68.6 Å². The van der Waals surface area contributed by atoms with E-state index in [9.17, 15) is 0 Å². The van der Waals surface area contributed by atoms with E-state index in [1.54, 1.807) is 6.20 Å². The Balaban J connectivity index is 1.35. The van der Waals surface area contributed by atoms with Crippen molar-refractivity contribution in [3.63, 3.8) is 0 Å². The van der Waals surface area contributed by atoms with Crippen LogP contribution < -0.4 is 10.6 Å². The minimum Gasteiger partial charge on any atom is -0.384 e. The van der Waals surface area contributed by atoms with Crippen LogP contribution >= 0.6 is 0 Å². The SMILES string of the molecule is Nc1cc(-c2ccc3c(/C=C/c4ccc(N5CCOCC5)cc4)n[nH]c3c2)ccn1. The Morgan fingerprint density at radius 1 is 0.933 bits per heavy atom. The van der Waals surface area contributed by atoms with Gasteiger partial charge in [0.15, 0.2) is 0 Å². The summed E-state index contributed by atoms with van der Waals surface area (Å²) in [5.41, 5.74) is 12.2. The molecule has 6 nitrogen and oxygen atoms in total. The smallest absolute Gasteiger partial charge is 0.123 e. The Morgan fingerprint density at radius 3 is 2.53 bits per heavy atom. The van der Waals surface area contributed by atoms with Crippen LogP contribution in [0, 0.1) is 0 Å². The first-order valence-electron chi connectivity index (χ1n) is 10.1. The normalized spacial score (nSPS) is 14.6. The molecule has 2 aromatic heterocycles. The number of rotatable bonds is 4. The summed E-state index contributed by atoms with van der Waals surface area (Å²) in [6.07, 6.45) is 5.86. The second-order valence-electron chi connectivity index (χ2n) is 7.36. The van der Waals surface area contributed by atoms with E-state index in [1.807, 2.05) is 18.2 Å². The number of nitrogens with one attached hydrogen (secondary N) is 1. The van der Waals surface area contributed by atoms with Crippen LogP contribution in [0.5, 0.6) is 0 Å². The van der Waals surface area contributed by atoms with E-state index in [0.29, 0.717) is 5.82 Å². The molecule has 0 aliphatic carbocycles. The summed E-state index contributed by atoms with van der Waals surface area (Å²) < 4.78 is 5.43. The maximum Gasteiger partial charge on any atom is 0.123 e. The van der Waals surface area contributed by atoms with Crippen LogP contribution in [-0.4, -0.2) is 41.5 Å². The number of H-pyrrole nitrogens is 1. The van der Waals surface area contributed by atoms with Crippen LogP contribution in [0.3, 0.4) is 0 Å². The lowest BCUT2D eigenvalue weighted by atomic mass is 10.0. The number of morpholine rings is 1. The van der Waals surface area contributed by atoms with E-state index < -0.39 is 0 Å². The van der Waals surface area contributed by atoms with Crippen LogP contribution in [-0.2, 0) is 4.74 Å². The molecule has 0 radical (unpaired) electrons. The molecular weight excluding hydrogens is 374 g/mol. The number of nitrogens with zero attached hydrogens (tertiary/aromatic N) is 3. The standard InChI is InChI=1S/C24H23N5O/c25-24-16-19(9-10-26-24)18-4-7-21-22(27-28-23(21)15-18)8-3-17-1-5-20(6-2-17)29-11-13-30-14-12-29/h1-10,15-16H,11-14H2,(H2,25,26)(H,27,28)/b8-3+. The molecule has 6 heteroatoms. The molecule has 0 spiro atoms. The molecule has 3 heterocycles. The Labute approximate surface area is 175 Å². The van der Waals surface area contributed by atoms with Crippen molar-refractivity contribution in [1.29, 1.82) is 0 Å². The minimum absolute atomic E-state index is 0.514. The summed E-state index contributed by atoms with van der Waals surface area (Å²) in [6.45, 7) is 3.49. The number of anilines is 2. The Kier molecular flexibility index (Phi) is 4.91. The second kappa shape index (κ2) is 8.00. The summed E-state index contributed by atoms with van der Waals surface area (Å²) in [5, 5.41) is 8.70. The van der Waals surface area contributed by atoms with E-state index in [4.69, 9.17) is 10.5 Å². The van der Waals surface area contributed by atoms with Gasteiger partial charge in [0, 0.05) is 30.4 Å². The third kappa shape index (κ3) is 3.77. The number of benzene rings is 2. The number of fused-ring (bicyclic) bond motifs is 1. The molecule has 30 heavy (non-hydrogen) atoms. The van der Waals surface area contributed by atoms with Crippen LogP contribution in [0.2, 0.25) is 0 Å². The summed E-state index contributed by atoms with van der Waals surface area (Å²) in [5.74, 6) is 0.514. The lowest BCUT2D eigenvalue weighted by Gasteiger charge is -2.28. The number of nitrogen functional groups attached to an aromatic ring is 1. The molecule has 4 aromatic rings. The van der Waals surface area contributed by atoms with Crippen LogP contribution in [0.25, 0.3) is 34.2 Å². The molecule has 5 rings (SSSR count). The van der Waals surface area contributed by atoms with Gasteiger partial charge in [-0.2, -0.15) is 5.10 Å². The summed E-state index contributed by atoms with van der Waals surface area (Å²) in [7, 11) is 0. The molecule has 0 bridgehead atoms. The fourth-order valence-corrected chi connectivity index (χ4v) is 3.77. The number of aromatic amines is 1. The van der Waals surface area contributed by atoms with Crippen molar-refractivity contribution in [3.05, 3.63) is 72.1 Å². The van der Waals surface area contributed by atoms with Gasteiger partial charge in [-0.15, -0.1) is 0 Å². The van der Waals surface area contributed by atoms with Gasteiger partial charge in [0.25, 0.3) is 0 Å². The zero-order chi connectivity index (χ0) is 20.3. The van der Waals surface area contributed by atoms with Crippen molar-refractivity contribution < 1.29 is 4.74 Å². The zero-order valence-corrected chi connectivity index (χ0v) is 16.6. The summed E-state index contributed by atoms with van der Waals surface area (Å²) in [4.78, 5) is 6.41. The number of hydrogen-bond donors (Lipinski definition) is 2. The lowest BCUT2D eigenvalue weighted by Crippen LogP contribution is -2.36. The number of pyridine rings is 1. The van der Waals surface area contributed by atoms with Crippen LogP contribution in [0.1, 0.15) is 11.3 Å². The van der Waals surface area contributed by atoms with Gasteiger partial charge in [0.2, 0.25) is 0 Å². The van der Waals surface area contributed by atoms with Crippen molar-refractivity contribution in [2.45, 2.75) is 0 Å². The summed E-state index contributed by atoms with van der Waals surface area (Å²) in [6, 6.07) is 18.7. The molecule has 1 saturated heterocycles. The average molecular weight is 397 g/mol. The molecule has 2 aromatic carbocycles. The van der Waals surface area contributed by atoms with Crippen LogP contribution in [0.15, 0.2) is 60.8 Å². The molecule has 0 amide bonds. The van der Waals surface area contributed by atoms with Gasteiger partial charge in [-0.05, 0) is 59.2 Å². The average Bonchev–Trinajstić information content (AvgIpc) is 3.21. The quantitative estimate of drug-likeness (QED) is 0.539. The zero-order valence-electron chi connectivity index (χ0n) is 16.6. The maximum atomic E-state index is 5.81. The lowest BCUT2D eigenvalue weighted by molar-refractivity contribution is 0.122. The molecule has 1 aliphatic heterocycles. The number of ether oxygens (including phenoxy) is 1. The Hall–Kier alpha value is -3.64. The van der Waals surface area contributed by atoms with Crippen molar-refractivity contribution >= 4 is 34.6 Å². The fourth-order valence-electron chi connectivity index (χ4n) is 3.77. The van der Waals surface area contributed by atoms with Crippen LogP contribution in [0.4, 0.5) is 11.5 Å². The van der Waals surface area contributed by atoms with E-state index in [-0.39, 0.29) is 0 Å². The third-order valence-corrected chi connectivity index (χ3v) is 5.41. The highest BCUT2D eigenvalue weighted by Crippen LogP contribution is 2.26. The van der Waals surface area contributed by atoms with Gasteiger partial charge >= 0.3 is 0 Å². The van der Waals surface area contributed by atoms with Crippen molar-refractivity contribution in [2.75, 3.05) is 36.9 Å². The number of aromatic nitrogens is 3. The van der Waals surface area contributed by atoms with Gasteiger partial charge in [-0.25, -0.2) is 4.98 Å². The van der Waals surface area contributed by atoms with Gasteiger partial charge in [-0.1, -0.05) is 24.3 Å². The molecule has 150 valence electrons. The molecule has 3 N–H and O–H groups in total. The van der Waals surface area contributed by atoms with Gasteiger partial charge < -0.3 is 15.4 Å². The Bertz CT molecular complexity index is 1190. The largest absolute Gasteiger partial charge is 0.384 e. The van der Waals surface area contributed by atoms with Crippen molar-refractivity contribution in [3.8, 4) is 11.1 Å². The third-order valence-electron chi connectivity index (χ3n) is 5.41. The predicted octanol–water partition coefficient (Wildman–Crippen LogP) is 4.21. The van der Waals surface area contributed by atoms with Gasteiger partial charge in [0.1, 0.15) is 5.82 Å². The molecular formula is C24H23N5O. The predicted molar refractivity (Wildman–Crippen MR) is 122 cm³/mol. The van der Waals surface area contributed by atoms with E-state index in [1.165, 1.54) is 5.69 Å². The van der Waals surface area contributed by atoms with Crippen molar-refractivity contribution in [2.24, 2.45) is 0 Å².